The van der Waals surface area contributed by atoms with Crippen LogP contribution in [0.1, 0.15) is 0 Å². The van der Waals surface area contributed by atoms with Crippen LogP contribution < -0.4 is 0 Å². The molecule has 2 nitrogen and oxygen atoms in total. The van der Waals surface area contributed by atoms with Gasteiger partial charge in [0, 0.05) is 5.75 Å². The van der Waals surface area contributed by atoms with Crippen LogP contribution in [0.25, 0.3) is 0 Å². The van der Waals surface area contributed by atoms with Gasteiger partial charge >= 0.3 is 0 Å². The first-order chi connectivity index (χ1) is 6.16. The van der Waals surface area contributed by atoms with Crippen LogP contribution in [-0.2, 0) is 10.8 Å². The molecule has 1 N–H and O–H groups in total. The summed E-state index contributed by atoms with van der Waals surface area (Å²) >= 11 is 9.51. The Kier molecular flexibility index (Phi) is 3.22. The van der Waals surface area contributed by atoms with Gasteiger partial charge in [0.1, 0.15) is 7.35 Å². The van der Waals surface area contributed by atoms with Crippen molar-refractivity contribution >= 4 is 57.5 Å². The number of rotatable bonds is 0. The van der Waals surface area contributed by atoms with E-state index < -0.39 is 16.9 Å². The molecule has 0 amide bonds. The van der Waals surface area contributed by atoms with Gasteiger partial charge in [0.25, 0.3) is 0 Å². The molecule has 0 saturated carbocycles. The molecule has 0 aromatic carbocycles. The van der Waals surface area contributed by atoms with Crippen molar-refractivity contribution in [2.45, 2.75) is 14.5 Å². The molecule has 7 heteroatoms. The predicted octanol–water partition coefficient (Wildman–Crippen LogP) is 2.11. The van der Waals surface area contributed by atoms with Crippen molar-refractivity contribution in [2.24, 2.45) is 0 Å². The summed E-state index contributed by atoms with van der Waals surface area (Å²) in [4.78, 5) is 0. The zero-order valence-electron chi connectivity index (χ0n) is 6.39. The summed E-state index contributed by atoms with van der Waals surface area (Å²) in [6.07, 6.45) is -0.453. The third-order valence-electron chi connectivity index (χ3n) is 1.48. The molecule has 72 valence electrons. The fraction of sp³-hybridized carbons (Fsp3) is 0.500. The molecule has 1 aromatic rings. The second-order valence-corrected chi connectivity index (χ2v) is 8.71. The molecule has 0 spiro atoms. The quantitative estimate of drug-likeness (QED) is 0.733. The zero-order chi connectivity index (χ0) is 9.42. The number of aliphatic hydroxyl groups excluding tert-OH is 1. The second-order valence-electron chi connectivity index (χ2n) is 2.51. The first-order valence-electron chi connectivity index (χ1n) is 3.50. The summed E-state index contributed by atoms with van der Waals surface area (Å²) in [6.45, 7) is 0. The minimum atomic E-state index is -1.05. The molecular weight excluding hydrogens is 264 g/mol. The Hall–Kier alpha value is 0.730. The van der Waals surface area contributed by atoms with E-state index in [9.17, 15) is 9.32 Å². The summed E-state index contributed by atoms with van der Waals surface area (Å²) in [7, 11) is -1.05. The highest BCUT2D eigenvalue weighted by atomic mass is 32.2. The maximum Gasteiger partial charge on any atom is 0.145 e. The van der Waals surface area contributed by atoms with Gasteiger partial charge in [0.05, 0.1) is 26.9 Å². The van der Waals surface area contributed by atoms with Crippen molar-refractivity contribution in [1.82, 2.24) is 0 Å². The van der Waals surface area contributed by atoms with Crippen LogP contribution >= 0.6 is 46.7 Å². The summed E-state index contributed by atoms with van der Waals surface area (Å²) in [5.41, 5.74) is 0. The van der Waals surface area contributed by atoms with Gasteiger partial charge in [-0.3, -0.25) is 4.21 Å². The minimum Gasteiger partial charge on any atom is -0.391 e. The van der Waals surface area contributed by atoms with Gasteiger partial charge < -0.3 is 5.11 Å². The highest BCUT2D eigenvalue weighted by molar-refractivity contribution is 8.02. The van der Waals surface area contributed by atoms with Crippen LogP contribution in [0.4, 0.5) is 0 Å². The molecular formula is C6H6O2S5. The van der Waals surface area contributed by atoms with E-state index in [1.54, 1.807) is 11.8 Å². The van der Waals surface area contributed by atoms with Crippen molar-refractivity contribution in [1.29, 1.82) is 0 Å². The van der Waals surface area contributed by atoms with Crippen LogP contribution in [0, 0.1) is 3.14 Å². The number of aliphatic hydroxyl groups is 1. The van der Waals surface area contributed by atoms with Gasteiger partial charge in [-0.25, -0.2) is 0 Å². The topological polar surface area (TPSA) is 37.3 Å². The molecule has 1 aromatic heterocycles. The lowest BCUT2D eigenvalue weighted by molar-refractivity contribution is 0.224. The lowest BCUT2D eigenvalue weighted by atomic mass is 10.5. The van der Waals surface area contributed by atoms with Crippen molar-refractivity contribution in [2.75, 3.05) is 11.5 Å². The number of thioether (sulfide) groups is 1. The van der Waals surface area contributed by atoms with Crippen molar-refractivity contribution < 1.29 is 9.32 Å². The first-order valence-corrected chi connectivity index (χ1v) is 7.84. The minimum absolute atomic E-state index is 0.349. The van der Waals surface area contributed by atoms with E-state index in [1.165, 1.54) is 22.7 Å². The molecule has 1 aliphatic rings. The average molecular weight is 270 g/mol. The number of hydrogen-bond acceptors (Lipinski definition) is 6. The molecule has 2 unspecified atom stereocenters. The van der Waals surface area contributed by atoms with Crippen LogP contribution in [0.15, 0.2) is 8.42 Å². The van der Waals surface area contributed by atoms with Gasteiger partial charge in [-0.1, -0.05) is 12.2 Å². The van der Waals surface area contributed by atoms with E-state index in [-0.39, 0.29) is 0 Å². The molecule has 0 saturated heterocycles. The van der Waals surface area contributed by atoms with Gasteiger partial charge in [-0.15, -0.1) is 34.4 Å². The molecule has 2 atom stereocenters. The normalized spacial score (nSPS) is 28.1. The van der Waals surface area contributed by atoms with E-state index in [0.29, 0.717) is 11.5 Å². The Bertz CT molecular complexity index is 392. The Morgan fingerprint density at radius 1 is 1.54 bits per heavy atom. The van der Waals surface area contributed by atoms with Crippen LogP contribution in [-0.4, -0.2) is 26.9 Å². The standard InChI is InChI=1S/C6H6O2S5/c7-3-1-10-4-5(13(8)2-3)12-6(9)11-4/h3,7H,1-2H2. The second kappa shape index (κ2) is 4.08. The smallest absolute Gasteiger partial charge is 0.145 e. The van der Waals surface area contributed by atoms with E-state index in [0.717, 1.165) is 11.6 Å². The van der Waals surface area contributed by atoms with E-state index in [1.807, 2.05) is 0 Å². The summed E-state index contributed by atoms with van der Waals surface area (Å²) < 4.78 is 14.3. The monoisotopic (exact) mass is 270 g/mol. The molecule has 2 heterocycles. The highest BCUT2D eigenvalue weighted by Gasteiger charge is 2.22. The van der Waals surface area contributed by atoms with Crippen LogP contribution in [0.2, 0.25) is 0 Å². The Balaban J connectivity index is 2.44. The molecule has 0 aliphatic carbocycles. The van der Waals surface area contributed by atoms with Gasteiger partial charge in [-0.2, -0.15) is 0 Å². The predicted molar refractivity (Wildman–Crippen MR) is 61.0 cm³/mol. The van der Waals surface area contributed by atoms with E-state index >= 15 is 0 Å². The number of hydrogen-bond donors (Lipinski definition) is 1. The third kappa shape index (κ3) is 2.21. The maximum atomic E-state index is 11.6. The Labute approximate surface area is 95.5 Å². The van der Waals surface area contributed by atoms with Gasteiger partial charge in [0.15, 0.2) is 0 Å². The maximum absolute atomic E-state index is 11.6. The molecule has 1 aliphatic heterocycles. The van der Waals surface area contributed by atoms with Crippen LogP contribution in [0.5, 0.6) is 0 Å². The molecule has 2 rings (SSSR count). The van der Waals surface area contributed by atoms with Crippen molar-refractivity contribution in [3.63, 3.8) is 0 Å². The van der Waals surface area contributed by atoms with E-state index in [2.05, 4.69) is 0 Å². The molecule has 0 radical (unpaired) electrons. The van der Waals surface area contributed by atoms with Gasteiger partial charge in [0.2, 0.25) is 0 Å². The lowest BCUT2D eigenvalue weighted by Gasteiger charge is -2.01. The Morgan fingerprint density at radius 3 is 3.08 bits per heavy atom. The molecule has 13 heavy (non-hydrogen) atoms. The lowest BCUT2D eigenvalue weighted by Crippen LogP contribution is -2.16. The number of fused-ring (bicyclic) bond motifs is 1. The third-order valence-corrected chi connectivity index (χ3v) is 7.84. The van der Waals surface area contributed by atoms with Crippen molar-refractivity contribution in [3.8, 4) is 0 Å². The molecule has 0 fully saturated rings. The van der Waals surface area contributed by atoms with Crippen molar-refractivity contribution in [3.05, 3.63) is 3.14 Å². The zero-order valence-corrected chi connectivity index (χ0v) is 10.5. The summed E-state index contributed by atoms with van der Waals surface area (Å²) in [5.74, 6) is 0.975. The van der Waals surface area contributed by atoms with Crippen LogP contribution in [0.3, 0.4) is 0 Å². The SMILES string of the molecule is O=S1CC(O)CSc2sc(=S)sc21. The average Bonchev–Trinajstić information content (AvgIpc) is 2.38. The van der Waals surface area contributed by atoms with Gasteiger partial charge in [-0.05, 0) is 0 Å². The largest absolute Gasteiger partial charge is 0.391 e. The summed E-state index contributed by atoms with van der Waals surface area (Å²) in [5, 5.41) is 9.39. The molecule has 0 bridgehead atoms. The summed E-state index contributed by atoms with van der Waals surface area (Å²) in [6, 6.07) is 0. The first kappa shape index (κ1) is 10.3. The van der Waals surface area contributed by atoms with E-state index in [4.69, 9.17) is 12.2 Å². The fourth-order valence-electron chi connectivity index (χ4n) is 0.954. The highest BCUT2D eigenvalue weighted by Crippen LogP contribution is 2.38. The fourth-order valence-corrected chi connectivity index (χ4v) is 7.68. The Morgan fingerprint density at radius 2 is 2.31 bits per heavy atom.